The second-order valence-corrected chi connectivity index (χ2v) is 21.0. The molecule has 1 aliphatic heterocycles. The monoisotopic (exact) mass is 1350 g/mol. The second kappa shape index (κ2) is 34.9. The third-order valence-corrected chi connectivity index (χ3v) is 14.8. The Labute approximate surface area is 560 Å². The Morgan fingerprint density at radius 3 is 0.726 bits per heavy atom. The Kier molecular flexibility index (Phi) is 28.4. The first-order chi connectivity index (χ1) is 44.2. The van der Waals surface area contributed by atoms with E-state index in [4.69, 9.17) is 28.4 Å². The Balaban J connectivity index is 0.00000817. The van der Waals surface area contributed by atoms with Crippen LogP contribution in [0.15, 0.2) is 109 Å². The molecule has 0 unspecified atom stereocenters. The van der Waals surface area contributed by atoms with Gasteiger partial charge in [-0.05, 0) is 151 Å². The van der Waals surface area contributed by atoms with Crippen LogP contribution in [0.4, 0.5) is 56.6 Å². The van der Waals surface area contributed by atoms with Gasteiger partial charge in [-0.2, -0.15) is 39.5 Å². The van der Waals surface area contributed by atoms with Gasteiger partial charge in [-0.1, -0.05) is 0 Å². The van der Waals surface area contributed by atoms with Crippen molar-refractivity contribution in [2.24, 2.45) is 0 Å². The molecule has 506 valence electrons. The number of halogens is 10. The number of benzene rings is 6. The molecule has 6 aromatic rings. The van der Waals surface area contributed by atoms with E-state index in [0.717, 1.165) is 72.8 Å². The molecule has 0 atom stereocenters. The molecule has 0 saturated heterocycles. The van der Waals surface area contributed by atoms with E-state index >= 15 is 0 Å². The fourth-order valence-corrected chi connectivity index (χ4v) is 9.91. The number of amides is 6. The SMILES string of the molecule is CCN(CC)C(=O)COc1c2cc(C(=O)Nc3ccc(C(F)(F)F)cc3)cc1COCc1cc(C(=O)Nc3ccc(C(F)(F)F)cc3)cc(c1OCC(=O)N(CC)CC)COCc1cc(C(=O)Nc3ccc(C(F)(F)F)cc3)cc(c1OCC(=O)N(CC)CC)COC2.[Cl-].[Li+]. The van der Waals surface area contributed by atoms with Crippen LogP contribution in [0.5, 0.6) is 17.2 Å². The van der Waals surface area contributed by atoms with E-state index in [-0.39, 0.29) is 116 Å². The first-order valence-electron chi connectivity index (χ1n) is 29.6. The summed E-state index contributed by atoms with van der Waals surface area (Å²) in [5.74, 6) is -4.06. The van der Waals surface area contributed by atoms with E-state index in [1.54, 1.807) is 41.5 Å². The van der Waals surface area contributed by atoms with Crippen molar-refractivity contribution in [1.29, 1.82) is 0 Å². The van der Waals surface area contributed by atoms with Crippen molar-refractivity contribution in [2.75, 3.05) is 75.0 Å². The Morgan fingerprint density at radius 1 is 0.368 bits per heavy atom. The molecule has 18 nitrogen and oxygen atoms in total. The van der Waals surface area contributed by atoms with Gasteiger partial charge in [-0.3, -0.25) is 28.8 Å². The van der Waals surface area contributed by atoms with E-state index in [0.29, 0.717) is 39.3 Å². The minimum atomic E-state index is -4.69. The number of hydrogen-bond donors (Lipinski definition) is 3. The van der Waals surface area contributed by atoms with Crippen LogP contribution in [-0.2, 0) is 86.8 Å². The minimum absolute atomic E-state index is 0. The van der Waals surface area contributed by atoms with Crippen molar-refractivity contribution in [3.05, 3.63) is 176 Å². The molecular formula is C66H69ClF9LiN6O12. The second-order valence-electron chi connectivity index (χ2n) is 21.0. The van der Waals surface area contributed by atoms with Crippen molar-refractivity contribution in [3.8, 4) is 17.2 Å². The topological polar surface area (TPSA) is 204 Å². The van der Waals surface area contributed by atoms with Crippen molar-refractivity contribution in [3.63, 3.8) is 0 Å². The number of ether oxygens (including phenoxy) is 6. The summed E-state index contributed by atoms with van der Waals surface area (Å²) in [6, 6.07) is 19.0. The van der Waals surface area contributed by atoms with Gasteiger partial charge < -0.3 is 71.5 Å². The molecule has 6 amide bonds. The largest absolute Gasteiger partial charge is 1.00 e. The number of fused-ring (bicyclic) bond motifs is 6. The number of carbonyl (C=O) groups excluding carboxylic acids is 6. The average molecular weight is 1350 g/mol. The molecule has 6 aromatic carbocycles. The Bertz CT molecular complexity index is 3180. The number of likely N-dealkylation sites (N-methyl/N-ethyl adjacent to an activating group) is 3. The zero-order valence-electron chi connectivity index (χ0n) is 53.0. The molecule has 95 heavy (non-hydrogen) atoms. The van der Waals surface area contributed by atoms with Crippen LogP contribution in [-0.4, -0.2) is 109 Å². The number of carbonyl (C=O) groups is 6. The minimum Gasteiger partial charge on any atom is -1.00 e. The number of nitrogens with zero attached hydrogens (tertiary/aromatic N) is 3. The molecule has 6 bridgehead atoms. The van der Waals surface area contributed by atoms with Crippen molar-refractivity contribution < 1.29 is 128 Å². The van der Waals surface area contributed by atoms with Crippen LogP contribution >= 0.6 is 0 Å². The molecule has 0 aromatic heterocycles. The summed E-state index contributed by atoms with van der Waals surface area (Å²) in [4.78, 5) is 88.6. The van der Waals surface area contributed by atoms with Crippen LogP contribution in [0, 0.1) is 0 Å². The Morgan fingerprint density at radius 2 is 0.558 bits per heavy atom. The first-order valence-corrected chi connectivity index (χ1v) is 29.6. The van der Waals surface area contributed by atoms with E-state index in [9.17, 15) is 68.3 Å². The van der Waals surface area contributed by atoms with Gasteiger partial charge in [-0.15, -0.1) is 0 Å². The van der Waals surface area contributed by atoms with Crippen LogP contribution in [0.25, 0.3) is 0 Å². The van der Waals surface area contributed by atoms with Crippen LogP contribution in [0.3, 0.4) is 0 Å². The first kappa shape index (κ1) is 77.4. The Hall–Kier alpha value is -8.32. The number of nitrogens with one attached hydrogen (secondary N) is 3. The zero-order chi connectivity index (χ0) is 67.8. The van der Waals surface area contributed by atoms with Crippen molar-refractivity contribution in [2.45, 2.75) is 99.7 Å². The predicted octanol–water partition coefficient (Wildman–Crippen LogP) is 6.71. The average Bonchev–Trinajstić information content (AvgIpc) is 0.812. The fraction of sp³-hybridized carbons (Fsp3) is 0.364. The van der Waals surface area contributed by atoms with Gasteiger partial charge in [0.15, 0.2) is 19.8 Å². The summed E-state index contributed by atoms with van der Waals surface area (Å²) in [5, 5.41) is 7.77. The van der Waals surface area contributed by atoms with E-state index < -0.39 is 130 Å². The molecule has 0 spiro atoms. The maximum Gasteiger partial charge on any atom is 1.00 e. The molecule has 1 aliphatic rings. The van der Waals surface area contributed by atoms with E-state index in [1.807, 2.05) is 0 Å². The molecule has 0 aliphatic carbocycles. The third-order valence-electron chi connectivity index (χ3n) is 14.8. The van der Waals surface area contributed by atoms with E-state index in [2.05, 4.69) is 16.0 Å². The van der Waals surface area contributed by atoms with Gasteiger partial charge in [0, 0.05) is 106 Å². The summed E-state index contributed by atoms with van der Waals surface area (Å²) in [6.45, 7) is 7.67. The fourth-order valence-electron chi connectivity index (χ4n) is 9.91. The van der Waals surface area contributed by atoms with Gasteiger partial charge in [0.2, 0.25) is 0 Å². The van der Waals surface area contributed by atoms with Crippen LogP contribution < -0.4 is 61.4 Å². The molecule has 1 heterocycles. The standard InChI is InChI=1S/C66H69F9N6O12.ClH.Li/c1-7-79(8-2)55(82)37-91-58-43-25-40(61(85)76-52-19-13-49(14-20-52)64(67,68)69)26-44(58)32-89-34-46-28-42(63(87)78-54-23-17-51(18-24-54)66(73,74)75)30-48(60(46)93-39-57(84)81(11-5)12-6)36-90-35-47-29-41(62(86)77-53-21-15-50(16-22-53)65(70,71)72)27-45(33-88-31-43)59(47)92-38-56(83)80(9-3)10-4;;/h13-30H,7-12,31-39H2,1-6H3,(H,76,85)(H,77,86)(H,78,87);1H;/q;;+1/p-1. The summed E-state index contributed by atoms with van der Waals surface area (Å²) < 4.78 is 161. The number of hydrogen-bond acceptors (Lipinski definition) is 12. The molecule has 7 rings (SSSR count). The summed E-state index contributed by atoms with van der Waals surface area (Å²) in [7, 11) is 0. The number of alkyl halides is 9. The summed E-state index contributed by atoms with van der Waals surface area (Å²) in [5.41, 5.74) is -2.93. The van der Waals surface area contributed by atoms with Gasteiger partial charge in [0.05, 0.1) is 56.3 Å². The van der Waals surface area contributed by atoms with Gasteiger partial charge >= 0.3 is 37.4 Å². The van der Waals surface area contributed by atoms with Crippen LogP contribution in [0.2, 0.25) is 0 Å². The van der Waals surface area contributed by atoms with Crippen molar-refractivity contribution in [1.82, 2.24) is 14.7 Å². The maximum absolute atomic E-state index is 14.4. The molecule has 29 heteroatoms. The maximum atomic E-state index is 14.4. The van der Waals surface area contributed by atoms with Gasteiger partial charge in [0.1, 0.15) is 17.2 Å². The van der Waals surface area contributed by atoms with Gasteiger partial charge in [0.25, 0.3) is 35.4 Å². The quantitative estimate of drug-likeness (QED) is 0.0509. The number of anilines is 3. The van der Waals surface area contributed by atoms with Crippen molar-refractivity contribution >= 4 is 52.5 Å². The zero-order valence-corrected chi connectivity index (χ0v) is 53.8. The predicted molar refractivity (Wildman–Crippen MR) is 323 cm³/mol. The number of rotatable bonds is 21. The molecular weight excluding hydrogens is 1280 g/mol. The van der Waals surface area contributed by atoms with E-state index in [1.165, 1.54) is 51.1 Å². The van der Waals surface area contributed by atoms with Crippen LogP contribution in [0.1, 0.15) is 123 Å². The summed E-state index contributed by atoms with van der Waals surface area (Å²) >= 11 is 0. The normalized spacial score (nSPS) is 12.7. The third kappa shape index (κ3) is 21.1. The molecule has 0 radical (unpaired) electrons. The summed E-state index contributed by atoms with van der Waals surface area (Å²) in [6.07, 6.45) is -14.1. The smallest absolute Gasteiger partial charge is 1.00 e. The molecule has 3 N–H and O–H groups in total. The van der Waals surface area contributed by atoms with Gasteiger partial charge in [-0.25, -0.2) is 0 Å². The molecule has 0 saturated carbocycles. The molecule has 0 fully saturated rings.